The molecule has 27 heavy (non-hydrogen) atoms. The van der Waals surface area contributed by atoms with Gasteiger partial charge in [-0.25, -0.2) is 0 Å². The lowest BCUT2D eigenvalue weighted by molar-refractivity contribution is -0.187. The van der Waals surface area contributed by atoms with Gasteiger partial charge in [0.1, 0.15) is 0 Å². The Morgan fingerprint density at radius 2 is 1.30 bits per heavy atom. The molecule has 0 aromatic rings. The number of hydrogen-bond donors (Lipinski definition) is 0. The van der Waals surface area contributed by atoms with E-state index in [0.717, 1.165) is 12.8 Å². The van der Waals surface area contributed by atoms with E-state index in [2.05, 4.69) is 19.1 Å². The van der Waals surface area contributed by atoms with Crippen molar-refractivity contribution in [1.82, 2.24) is 0 Å². The molecule has 0 aliphatic heterocycles. The average molecular weight is 383 g/mol. The Morgan fingerprint density at radius 3 is 1.81 bits per heavy atom. The van der Waals surface area contributed by atoms with Crippen molar-refractivity contribution >= 4 is 5.97 Å². The third-order valence-corrected chi connectivity index (χ3v) is 4.66. The summed E-state index contributed by atoms with van der Waals surface area (Å²) in [5.41, 5.74) is 0. The molecule has 160 valence electrons. The van der Waals surface area contributed by atoms with Crippen LogP contribution in [0.1, 0.15) is 124 Å². The summed E-state index contributed by atoms with van der Waals surface area (Å²) in [6.45, 7) is 8.16. The number of carbonyl (C=O) groups excluding carboxylic acids is 1. The summed E-state index contributed by atoms with van der Waals surface area (Å²) in [4.78, 5) is 11.8. The van der Waals surface area contributed by atoms with E-state index >= 15 is 0 Å². The topological polar surface area (TPSA) is 35.5 Å². The van der Waals surface area contributed by atoms with E-state index < -0.39 is 0 Å². The summed E-state index contributed by atoms with van der Waals surface area (Å²) in [5, 5.41) is 0. The Kier molecular flexibility index (Phi) is 19.3. The molecule has 0 fully saturated rings. The van der Waals surface area contributed by atoms with Gasteiger partial charge in [0.15, 0.2) is 0 Å². The Hall–Kier alpha value is -0.830. The first kappa shape index (κ1) is 26.2. The standard InChI is InChI=1S/C24H46O3/c1-5-7-8-9-10-11-12-13-14-15-16-17-18-19-20-21-23(25)27-24(6-2)26-22(3)4/h13-14,22,24H,5-12,15-21H2,1-4H3/b14-13+. The van der Waals surface area contributed by atoms with Gasteiger partial charge in [-0.3, -0.25) is 4.79 Å². The highest BCUT2D eigenvalue weighted by Gasteiger charge is 2.13. The first-order valence-corrected chi connectivity index (χ1v) is 11.6. The molecule has 0 bridgehead atoms. The van der Waals surface area contributed by atoms with Crippen LogP contribution in [-0.2, 0) is 14.3 Å². The van der Waals surface area contributed by atoms with Crippen molar-refractivity contribution in [1.29, 1.82) is 0 Å². The van der Waals surface area contributed by atoms with Gasteiger partial charge in [-0.2, -0.15) is 0 Å². The quantitative estimate of drug-likeness (QED) is 0.0992. The zero-order chi connectivity index (χ0) is 20.2. The van der Waals surface area contributed by atoms with E-state index in [1.807, 2.05) is 20.8 Å². The average Bonchev–Trinajstić information content (AvgIpc) is 2.64. The number of hydrogen-bond acceptors (Lipinski definition) is 3. The lowest BCUT2D eigenvalue weighted by Gasteiger charge is -2.19. The summed E-state index contributed by atoms with van der Waals surface area (Å²) in [5.74, 6) is -0.125. The Labute approximate surface area is 169 Å². The molecule has 0 saturated carbocycles. The molecule has 0 amide bonds. The molecule has 3 nitrogen and oxygen atoms in total. The molecule has 1 unspecified atom stereocenters. The zero-order valence-corrected chi connectivity index (χ0v) is 18.6. The second-order valence-electron chi connectivity index (χ2n) is 7.85. The van der Waals surface area contributed by atoms with E-state index in [9.17, 15) is 4.79 Å². The van der Waals surface area contributed by atoms with Crippen molar-refractivity contribution in [3.05, 3.63) is 12.2 Å². The smallest absolute Gasteiger partial charge is 0.308 e. The summed E-state index contributed by atoms with van der Waals surface area (Å²) in [6.07, 6.45) is 22.1. The Bertz CT molecular complexity index is 350. The number of rotatable bonds is 19. The maximum Gasteiger partial charge on any atom is 0.308 e. The summed E-state index contributed by atoms with van der Waals surface area (Å²) < 4.78 is 10.9. The largest absolute Gasteiger partial charge is 0.436 e. The van der Waals surface area contributed by atoms with Crippen molar-refractivity contribution in [2.75, 3.05) is 0 Å². The van der Waals surface area contributed by atoms with E-state index in [1.165, 1.54) is 70.6 Å². The normalized spacial score (nSPS) is 12.8. The number of carbonyl (C=O) groups is 1. The van der Waals surface area contributed by atoms with Crippen LogP contribution in [0.5, 0.6) is 0 Å². The molecule has 0 heterocycles. The minimum atomic E-state index is -0.388. The molecule has 0 rings (SSSR count). The Morgan fingerprint density at radius 1 is 0.778 bits per heavy atom. The van der Waals surface area contributed by atoms with Gasteiger partial charge < -0.3 is 9.47 Å². The molecule has 0 aliphatic rings. The molecule has 0 aromatic heterocycles. The van der Waals surface area contributed by atoms with Crippen molar-refractivity contribution < 1.29 is 14.3 Å². The molecule has 0 saturated heterocycles. The predicted octanol–water partition coefficient (Wildman–Crippen LogP) is 7.73. The summed E-state index contributed by atoms with van der Waals surface area (Å²) in [7, 11) is 0. The van der Waals surface area contributed by atoms with Gasteiger partial charge in [-0.15, -0.1) is 0 Å². The third kappa shape index (κ3) is 19.7. The number of esters is 1. The molecule has 0 radical (unpaired) electrons. The van der Waals surface area contributed by atoms with Gasteiger partial charge in [0.25, 0.3) is 0 Å². The van der Waals surface area contributed by atoms with Gasteiger partial charge in [-0.05, 0) is 46.0 Å². The minimum absolute atomic E-state index is 0.0857. The first-order valence-electron chi connectivity index (χ1n) is 11.6. The highest BCUT2D eigenvalue weighted by molar-refractivity contribution is 5.69. The second kappa shape index (κ2) is 19.9. The fourth-order valence-electron chi connectivity index (χ4n) is 3.06. The van der Waals surface area contributed by atoms with Crippen molar-refractivity contribution in [2.24, 2.45) is 0 Å². The van der Waals surface area contributed by atoms with Gasteiger partial charge in [0.05, 0.1) is 6.10 Å². The van der Waals surface area contributed by atoms with Crippen LogP contribution in [0.15, 0.2) is 12.2 Å². The highest BCUT2D eigenvalue weighted by Crippen LogP contribution is 2.11. The van der Waals surface area contributed by atoms with E-state index in [4.69, 9.17) is 9.47 Å². The van der Waals surface area contributed by atoms with Gasteiger partial charge in [0.2, 0.25) is 6.29 Å². The fraction of sp³-hybridized carbons (Fsp3) is 0.875. The molecule has 0 aliphatic carbocycles. The molecule has 0 spiro atoms. The van der Waals surface area contributed by atoms with Gasteiger partial charge in [-0.1, -0.05) is 77.4 Å². The lowest BCUT2D eigenvalue weighted by atomic mass is 10.1. The zero-order valence-electron chi connectivity index (χ0n) is 18.6. The van der Waals surface area contributed by atoms with Crippen LogP contribution in [0.3, 0.4) is 0 Å². The molecule has 0 N–H and O–H groups in total. The molecular weight excluding hydrogens is 336 g/mol. The van der Waals surface area contributed by atoms with Crippen LogP contribution < -0.4 is 0 Å². The maximum absolute atomic E-state index is 11.8. The first-order chi connectivity index (χ1) is 13.1. The van der Waals surface area contributed by atoms with E-state index in [-0.39, 0.29) is 18.4 Å². The molecule has 3 heteroatoms. The Balaban J connectivity index is 3.39. The number of allylic oxidation sites excluding steroid dienone is 2. The van der Waals surface area contributed by atoms with E-state index in [0.29, 0.717) is 12.8 Å². The lowest BCUT2D eigenvalue weighted by Crippen LogP contribution is -2.23. The van der Waals surface area contributed by atoms with E-state index in [1.54, 1.807) is 0 Å². The van der Waals surface area contributed by atoms with Crippen molar-refractivity contribution in [3.63, 3.8) is 0 Å². The molecule has 1 atom stereocenters. The summed E-state index contributed by atoms with van der Waals surface area (Å²) in [6, 6.07) is 0. The third-order valence-electron chi connectivity index (χ3n) is 4.66. The highest BCUT2D eigenvalue weighted by atomic mass is 16.7. The van der Waals surface area contributed by atoms with Crippen LogP contribution in [0.4, 0.5) is 0 Å². The fourth-order valence-corrected chi connectivity index (χ4v) is 3.06. The van der Waals surface area contributed by atoms with Crippen LogP contribution >= 0.6 is 0 Å². The summed E-state index contributed by atoms with van der Waals surface area (Å²) >= 11 is 0. The van der Waals surface area contributed by atoms with Crippen LogP contribution in [0.25, 0.3) is 0 Å². The monoisotopic (exact) mass is 382 g/mol. The second-order valence-corrected chi connectivity index (χ2v) is 7.85. The van der Waals surface area contributed by atoms with Crippen LogP contribution in [0.2, 0.25) is 0 Å². The van der Waals surface area contributed by atoms with Crippen LogP contribution in [-0.4, -0.2) is 18.4 Å². The van der Waals surface area contributed by atoms with Crippen molar-refractivity contribution in [3.8, 4) is 0 Å². The molecule has 0 aromatic carbocycles. The van der Waals surface area contributed by atoms with Crippen LogP contribution in [0, 0.1) is 0 Å². The maximum atomic E-state index is 11.8. The number of unbranched alkanes of at least 4 members (excludes halogenated alkanes) is 11. The predicted molar refractivity (Wildman–Crippen MR) is 116 cm³/mol. The van der Waals surface area contributed by atoms with Crippen molar-refractivity contribution in [2.45, 2.75) is 136 Å². The van der Waals surface area contributed by atoms with Gasteiger partial charge in [0, 0.05) is 12.8 Å². The minimum Gasteiger partial charge on any atom is -0.436 e. The molecular formula is C24H46O3. The SMILES string of the molecule is CCCCCCCC/C=C/CCCCCCCC(=O)OC(CC)OC(C)C. The number of ether oxygens (including phenoxy) is 2. The van der Waals surface area contributed by atoms with Gasteiger partial charge >= 0.3 is 5.97 Å².